The molecule has 0 radical (unpaired) electrons. The fourth-order valence-corrected chi connectivity index (χ4v) is 1.67. The van der Waals surface area contributed by atoms with Crippen LogP contribution in [0.4, 0.5) is 0 Å². The molecule has 1 rings (SSSR count). The van der Waals surface area contributed by atoms with Crippen LogP contribution in [0, 0.1) is 0 Å². The molecule has 1 heterocycles. The van der Waals surface area contributed by atoms with Crippen LogP contribution in [0.5, 0.6) is 0 Å². The molecule has 2 unspecified atom stereocenters. The highest BCUT2D eigenvalue weighted by Gasteiger charge is 2.39. The zero-order valence-electron chi connectivity index (χ0n) is 11.4. The maximum atomic E-state index is 12.2. The molecule has 0 fully saturated rings. The van der Waals surface area contributed by atoms with Gasteiger partial charge in [0.15, 0.2) is 5.54 Å². The van der Waals surface area contributed by atoms with Gasteiger partial charge in [-0.25, -0.2) is 4.79 Å². The second kappa shape index (κ2) is 6.44. The van der Waals surface area contributed by atoms with Crippen molar-refractivity contribution in [2.45, 2.75) is 45.7 Å². The molecular formula is C13H21N3O2. The lowest BCUT2D eigenvalue weighted by Gasteiger charge is -2.30. The van der Waals surface area contributed by atoms with Crippen LogP contribution in [-0.4, -0.2) is 28.6 Å². The van der Waals surface area contributed by atoms with Crippen LogP contribution < -0.4 is 5.32 Å². The number of nitrogens with zero attached hydrogens (tertiary/aromatic N) is 2. The molecule has 5 nitrogen and oxygen atoms in total. The number of carbonyl (C=O) groups excluding carboxylic acids is 1. The van der Waals surface area contributed by atoms with E-state index in [9.17, 15) is 4.79 Å². The van der Waals surface area contributed by atoms with Crippen LogP contribution in [0.15, 0.2) is 18.6 Å². The van der Waals surface area contributed by atoms with Gasteiger partial charge in [0.1, 0.15) is 0 Å². The quantitative estimate of drug-likeness (QED) is 0.779. The van der Waals surface area contributed by atoms with Crippen LogP contribution >= 0.6 is 0 Å². The van der Waals surface area contributed by atoms with Crippen molar-refractivity contribution in [1.82, 2.24) is 15.3 Å². The summed E-state index contributed by atoms with van der Waals surface area (Å²) in [6.07, 6.45) is 5.66. The number of rotatable bonds is 6. The van der Waals surface area contributed by atoms with Crippen molar-refractivity contribution >= 4 is 5.97 Å². The van der Waals surface area contributed by atoms with Gasteiger partial charge < -0.3 is 4.74 Å². The van der Waals surface area contributed by atoms with E-state index >= 15 is 0 Å². The molecule has 0 bridgehead atoms. The normalized spacial score (nSPS) is 15.8. The Morgan fingerprint density at radius 3 is 2.72 bits per heavy atom. The third-order valence-corrected chi connectivity index (χ3v) is 2.91. The standard InChI is InChI=1S/C13H21N3O2/c1-5-10(3)16-13(4,12(17)18-6-2)11-9-14-7-8-15-11/h7-10,16H,5-6H2,1-4H3. The number of carbonyl (C=O) groups is 1. The Hall–Kier alpha value is -1.49. The lowest BCUT2D eigenvalue weighted by atomic mass is 9.96. The molecule has 0 aliphatic carbocycles. The SMILES string of the molecule is CCOC(=O)C(C)(NC(C)CC)c1cnccn1. The van der Waals surface area contributed by atoms with Crippen LogP contribution in [0.2, 0.25) is 0 Å². The zero-order valence-corrected chi connectivity index (χ0v) is 11.4. The van der Waals surface area contributed by atoms with Gasteiger partial charge in [0.25, 0.3) is 0 Å². The molecule has 0 aliphatic heterocycles. The third kappa shape index (κ3) is 3.26. The molecular weight excluding hydrogens is 230 g/mol. The smallest absolute Gasteiger partial charge is 0.332 e. The number of hydrogen-bond donors (Lipinski definition) is 1. The van der Waals surface area contributed by atoms with Gasteiger partial charge in [-0.05, 0) is 27.2 Å². The van der Waals surface area contributed by atoms with Gasteiger partial charge in [0, 0.05) is 18.4 Å². The molecule has 0 saturated carbocycles. The Bertz CT molecular complexity index is 383. The van der Waals surface area contributed by atoms with Crippen LogP contribution in [0.3, 0.4) is 0 Å². The molecule has 2 atom stereocenters. The molecule has 0 aromatic carbocycles. The molecule has 1 aromatic rings. The number of ether oxygens (including phenoxy) is 1. The Kier molecular flexibility index (Phi) is 5.22. The Morgan fingerprint density at radius 2 is 2.22 bits per heavy atom. The first-order chi connectivity index (χ1) is 8.54. The van der Waals surface area contributed by atoms with Crippen LogP contribution in [0.1, 0.15) is 39.8 Å². The monoisotopic (exact) mass is 251 g/mol. The van der Waals surface area contributed by atoms with Gasteiger partial charge in [-0.15, -0.1) is 0 Å². The third-order valence-electron chi connectivity index (χ3n) is 2.91. The summed E-state index contributed by atoms with van der Waals surface area (Å²) in [6.45, 7) is 7.99. The van der Waals surface area contributed by atoms with Gasteiger partial charge >= 0.3 is 5.97 Å². The van der Waals surface area contributed by atoms with E-state index in [1.165, 1.54) is 0 Å². The van der Waals surface area contributed by atoms with Gasteiger partial charge in [0.05, 0.1) is 18.5 Å². The predicted molar refractivity (Wildman–Crippen MR) is 68.9 cm³/mol. The van der Waals surface area contributed by atoms with Crippen molar-refractivity contribution in [1.29, 1.82) is 0 Å². The summed E-state index contributed by atoms with van der Waals surface area (Å²) in [5.74, 6) is -0.328. The number of hydrogen-bond acceptors (Lipinski definition) is 5. The topological polar surface area (TPSA) is 64.1 Å². The Balaban J connectivity index is 3.05. The first-order valence-electron chi connectivity index (χ1n) is 6.26. The lowest BCUT2D eigenvalue weighted by Crippen LogP contribution is -2.51. The molecule has 1 aromatic heterocycles. The second-order valence-corrected chi connectivity index (χ2v) is 4.39. The van der Waals surface area contributed by atoms with E-state index in [0.29, 0.717) is 12.3 Å². The molecule has 5 heteroatoms. The maximum absolute atomic E-state index is 12.2. The van der Waals surface area contributed by atoms with Crippen molar-refractivity contribution in [3.05, 3.63) is 24.3 Å². The first-order valence-corrected chi connectivity index (χ1v) is 6.26. The number of esters is 1. The molecule has 18 heavy (non-hydrogen) atoms. The summed E-state index contributed by atoms with van der Waals surface area (Å²) in [6, 6.07) is 0.182. The number of aromatic nitrogens is 2. The van der Waals surface area contributed by atoms with E-state index in [1.54, 1.807) is 32.4 Å². The van der Waals surface area contributed by atoms with E-state index in [2.05, 4.69) is 22.2 Å². The zero-order chi connectivity index (χ0) is 13.6. The van der Waals surface area contributed by atoms with Gasteiger partial charge in [-0.3, -0.25) is 15.3 Å². The molecule has 0 aliphatic rings. The molecule has 100 valence electrons. The molecule has 0 amide bonds. The minimum atomic E-state index is -0.959. The van der Waals surface area contributed by atoms with E-state index < -0.39 is 5.54 Å². The summed E-state index contributed by atoms with van der Waals surface area (Å²) in [4.78, 5) is 20.4. The summed E-state index contributed by atoms with van der Waals surface area (Å²) in [5, 5.41) is 3.27. The lowest BCUT2D eigenvalue weighted by molar-refractivity contribution is -0.151. The fourth-order valence-electron chi connectivity index (χ4n) is 1.67. The van der Waals surface area contributed by atoms with Gasteiger partial charge in [-0.1, -0.05) is 6.92 Å². The second-order valence-electron chi connectivity index (χ2n) is 4.39. The van der Waals surface area contributed by atoms with E-state index in [-0.39, 0.29) is 12.0 Å². The van der Waals surface area contributed by atoms with Crippen molar-refractivity contribution in [2.75, 3.05) is 6.61 Å². The van der Waals surface area contributed by atoms with Crippen molar-refractivity contribution < 1.29 is 9.53 Å². The summed E-state index contributed by atoms with van der Waals surface area (Å²) < 4.78 is 5.14. The van der Waals surface area contributed by atoms with Crippen LogP contribution in [-0.2, 0) is 15.1 Å². The average Bonchev–Trinajstić information content (AvgIpc) is 2.39. The summed E-state index contributed by atoms with van der Waals surface area (Å²) >= 11 is 0. The fraction of sp³-hybridized carbons (Fsp3) is 0.615. The minimum Gasteiger partial charge on any atom is -0.464 e. The van der Waals surface area contributed by atoms with Gasteiger partial charge in [-0.2, -0.15) is 0 Å². The summed E-state index contributed by atoms with van der Waals surface area (Å²) in [7, 11) is 0. The highest BCUT2D eigenvalue weighted by molar-refractivity contribution is 5.81. The van der Waals surface area contributed by atoms with Crippen LogP contribution in [0.25, 0.3) is 0 Å². The van der Waals surface area contributed by atoms with Gasteiger partial charge in [0.2, 0.25) is 0 Å². The highest BCUT2D eigenvalue weighted by Crippen LogP contribution is 2.21. The first kappa shape index (κ1) is 14.6. The van der Waals surface area contributed by atoms with E-state index in [0.717, 1.165) is 6.42 Å². The largest absolute Gasteiger partial charge is 0.464 e. The Morgan fingerprint density at radius 1 is 1.50 bits per heavy atom. The van der Waals surface area contributed by atoms with E-state index in [1.807, 2.05) is 6.92 Å². The predicted octanol–water partition coefficient (Wildman–Crippen LogP) is 1.64. The molecule has 0 saturated heterocycles. The molecule has 0 spiro atoms. The maximum Gasteiger partial charge on any atom is 0.332 e. The van der Waals surface area contributed by atoms with Crippen molar-refractivity contribution in [3.63, 3.8) is 0 Å². The van der Waals surface area contributed by atoms with Crippen molar-refractivity contribution in [2.24, 2.45) is 0 Å². The number of nitrogens with one attached hydrogen (secondary N) is 1. The minimum absolute atomic E-state index is 0.182. The average molecular weight is 251 g/mol. The van der Waals surface area contributed by atoms with E-state index in [4.69, 9.17) is 4.74 Å². The highest BCUT2D eigenvalue weighted by atomic mass is 16.5. The molecule has 1 N–H and O–H groups in total. The Labute approximate surface area is 108 Å². The van der Waals surface area contributed by atoms with Crippen molar-refractivity contribution in [3.8, 4) is 0 Å². The summed E-state index contributed by atoms with van der Waals surface area (Å²) in [5.41, 5.74) is -0.386.